The SMILES string of the molecule is CC(C)(O)c1ccc(-c2cc(-c3ccc(N4C[C@@H]5[C@H](C4)[C@H]5NC(=O)c4ncccc4Cl)nc3)c3c(C#N)cnn3c2)nc1. The monoisotopic (exact) mass is 590 g/mol. The van der Waals surface area contributed by atoms with Crippen molar-refractivity contribution in [1.82, 2.24) is 29.9 Å². The van der Waals surface area contributed by atoms with Gasteiger partial charge in [0.2, 0.25) is 0 Å². The molecule has 11 heteroatoms. The number of carbonyl (C=O) groups excluding carboxylic acids is 1. The van der Waals surface area contributed by atoms with Crippen LogP contribution < -0.4 is 10.2 Å². The number of pyridine rings is 4. The minimum absolute atomic E-state index is 0.106. The van der Waals surface area contributed by atoms with Crippen LogP contribution in [0.1, 0.15) is 35.5 Å². The number of aliphatic hydroxyl groups is 1. The fraction of sp³-hybridized carbons (Fsp3) is 0.250. The van der Waals surface area contributed by atoms with Gasteiger partial charge in [-0.05, 0) is 50.2 Å². The van der Waals surface area contributed by atoms with Crippen LogP contribution in [-0.2, 0) is 5.60 Å². The summed E-state index contributed by atoms with van der Waals surface area (Å²) in [6, 6.07) is 15.4. The van der Waals surface area contributed by atoms with E-state index in [-0.39, 0.29) is 17.6 Å². The van der Waals surface area contributed by atoms with Crippen LogP contribution in [0.25, 0.3) is 27.9 Å². The van der Waals surface area contributed by atoms with Crippen LogP contribution in [0.2, 0.25) is 5.02 Å². The average molecular weight is 591 g/mol. The molecular weight excluding hydrogens is 564 g/mol. The molecule has 0 unspecified atom stereocenters. The molecule has 0 spiro atoms. The van der Waals surface area contributed by atoms with E-state index in [1.165, 1.54) is 0 Å². The highest BCUT2D eigenvalue weighted by molar-refractivity contribution is 6.33. The molecule has 0 aromatic carbocycles. The average Bonchev–Trinajstić information content (AvgIpc) is 3.32. The lowest BCUT2D eigenvalue weighted by molar-refractivity contribution is 0.0782. The van der Waals surface area contributed by atoms with E-state index >= 15 is 0 Å². The number of nitriles is 1. The Balaban J connectivity index is 1.11. The minimum Gasteiger partial charge on any atom is -0.386 e. The molecule has 2 N–H and O–H groups in total. The Morgan fingerprint density at radius 2 is 1.88 bits per heavy atom. The lowest BCUT2D eigenvalue weighted by Gasteiger charge is -2.21. The highest BCUT2D eigenvalue weighted by Crippen LogP contribution is 2.47. The van der Waals surface area contributed by atoms with Crippen LogP contribution in [0.4, 0.5) is 5.82 Å². The summed E-state index contributed by atoms with van der Waals surface area (Å²) in [7, 11) is 0. The number of amides is 1. The first-order chi connectivity index (χ1) is 20.7. The van der Waals surface area contributed by atoms with Crippen LogP contribution in [0, 0.1) is 23.2 Å². The molecule has 10 nitrogen and oxygen atoms in total. The van der Waals surface area contributed by atoms with Crippen LogP contribution in [0.15, 0.2) is 73.4 Å². The predicted octanol–water partition coefficient (Wildman–Crippen LogP) is 4.47. The van der Waals surface area contributed by atoms with Crippen molar-refractivity contribution in [2.24, 2.45) is 11.8 Å². The Labute approximate surface area is 252 Å². The summed E-state index contributed by atoms with van der Waals surface area (Å²) in [6.07, 6.45) is 8.46. The zero-order valence-corrected chi connectivity index (χ0v) is 24.2. The number of halogens is 1. The Hall–Kier alpha value is -4.85. The molecule has 0 bridgehead atoms. The maximum atomic E-state index is 12.6. The van der Waals surface area contributed by atoms with Gasteiger partial charge in [0.1, 0.15) is 17.6 Å². The molecule has 214 valence electrons. The lowest BCUT2D eigenvalue weighted by atomic mass is 9.99. The second-order valence-corrected chi connectivity index (χ2v) is 12.0. The number of anilines is 1. The summed E-state index contributed by atoms with van der Waals surface area (Å²) in [6.45, 7) is 5.04. The molecule has 1 saturated carbocycles. The Morgan fingerprint density at radius 1 is 1.07 bits per heavy atom. The smallest absolute Gasteiger partial charge is 0.271 e. The predicted molar refractivity (Wildman–Crippen MR) is 161 cm³/mol. The maximum Gasteiger partial charge on any atom is 0.271 e. The molecular formula is C32H27ClN8O2. The number of fused-ring (bicyclic) bond motifs is 2. The molecule has 5 aromatic heterocycles. The lowest BCUT2D eigenvalue weighted by Crippen LogP contribution is -2.35. The van der Waals surface area contributed by atoms with Crippen molar-refractivity contribution in [2.75, 3.05) is 18.0 Å². The quantitative estimate of drug-likeness (QED) is 0.296. The van der Waals surface area contributed by atoms with Crippen molar-refractivity contribution in [3.8, 4) is 28.5 Å². The zero-order chi connectivity index (χ0) is 29.9. The number of aromatic nitrogens is 5. The number of nitrogens with one attached hydrogen (secondary N) is 1. The summed E-state index contributed by atoms with van der Waals surface area (Å²) in [5, 5.41) is 27.9. The Morgan fingerprint density at radius 3 is 2.53 bits per heavy atom. The molecule has 6 heterocycles. The molecule has 1 amide bonds. The number of rotatable bonds is 6. The molecule has 7 rings (SSSR count). The van der Waals surface area contributed by atoms with Crippen LogP contribution in [-0.4, -0.2) is 54.7 Å². The molecule has 2 aliphatic rings. The van der Waals surface area contributed by atoms with Gasteiger partial charge in [-0.1, -0.05) is 17.7 Å². The van der Waals surface area contributed by atoms with Gasteiger partial charge >= 0.3 is 0 Å². The summed E-state index contributed by atoms with van der Waals surface area (Å²) >= 11 is 6.13. The molecule has 1 aliphatic heterocycles. The molecule has 1 aliphatic carbocycles. The highest BCUT2D eigenvalue weighted by atomic mass is 35.5. The van der Waals surface area contributed by atoms with E-state index in [2.05, 4.69) is 31.4 Å². The van der Waals surface area contributed by atoms with Gasteiger partial charge in [-0.3, -0.25) is 9.78 Å². The summed E-state index contributed by atoms with van der Waals surface area (Å²) in [4.78, 5) is 28.3. The first-order valence-corrected chi connectivity index (χ1v) is 14.3. The van der Waals surface area contributed by atoms with E-state index in [9.17, 15) is 15.2 Å². The van der Waals surface area contributed by atoms with Crippen molar-refractivity contribution in [3.05, 3.63) is 95.3 Å². The first-order valence-electron chi connectivity index (χ1n) is 13.9. The summed E-state index contributed by atoms with van der Waals surface area (Å²) < 4.78 is 1.70. The van der Waals surface area contributed by atoms with E-state index in [1.807, 2.05) is 42.7 Å². The van der Waals surface area contributed by atoms with E-state index in [0.29, 0.717) is 33.5 Å². The van der Waals surface area contributed by atoms with Gasteiger partial charge in [-0.15, -0.1) is 0 Å². The third kappa shape index (κ3) is 4.86. The van der Waals surface area contributed by atoms with Crippen molar-refractivity contribution in [3.63, 3.8) is 0 Å². The van der Waals surface area contributed by atoms with Crippen molar-refractivity contribution in [2.45, 2.75) is 25.5 Å². The fourth-order valence-electron chi connectivity index (χ4n) is 5.92. The molecule has 5 aromatic rings. The second-order valence-electron chi connectivity index (χ2n) is 11.6. The highest BCUT2D eigenvalue weighted by Gasteiger charge is 2.56. The van der Waals surface area contributed by atoms with Gasteiger partial charge in [-0.2, -0.15) is 10.4 Å². The van der Waals surface area contributed by atoms with Gasteiger partial charge in [0, 0.05) is 78.0 Å². The summed E-state index contributed by atoms with van der Waals surface area (Å²) in [5.74, 6) is 1.32. The van der Waals surface area contributed by atoms with Gasteiger partial charge in [0.05, 0.1) is 33.6 Å². The van der Waals surface area contributed by atoms with E-state index in [1.54, 1.807) is 49.1 Å². The number of carbonyl (C=O) groups is 1. The Bertz CT molecular complexity index is 1900. The molecule has 2 fully saturated rings. The summed E-state index contributed by atoms with van der Waals surface area (Å²) in [5.41, 5.74) is 4.35. The molecule has 1 saturated heterocycles. The van der Waals surface area contributed by atoms with Crippen LogP contribution in [0.5, 0.6) is 0 Å². The second kappa shape index (κ2) is 10.2. The van der Waals surface area contributed by atoms with E-state index in [0.717, 1.165) is 41.3 Å². The third-order valence-electron chi connectivity index (χ3n) is 8.35. The first kappa shape index (κ1) is 27.0. The normalized spacial score (nSPS) is 19.2. The maximum absolute atomic E-state index is 12.6. The Kier molecular flexibility index (Phi) is 6.38. The zero-order valence-electron chi connectivity index (χ0n) is 23.4. The van der Waals surface area contributed by atoms with Gasteiger partial charge < -0.3 is 15.3 Å². The minimum atomic E-state index is -0.990. The fourth-order valence-corrected chi connectivity index (χ4v) is 6.13. The van der Waals surface area contributed by atoms with Crippen molar-refractivity contribution < 1.29 is 9.90 Å². The number of hydrogen-bond acceptors (Lipinski definition) is 8. The molecule has 3 atom stereocenters. The van der Waals surface area contributed by atoms with Gasteiger partial charge in [0.15, 0.2) is 0 Å². The van der Waals surface area contributed by atoms with Crippen LogP contribution in [0.3, 0.4) is 0 Å². The van der Waals surface area contributed by atoms with Crippen molar-refractivity contribution in [1.29, 1.82) is 5.26 Å². The van der Waals surface area contributed by atoms with Crippen molar-refractivity contribution >= 4 is 28.8 Å². The number of piperidine rings is 1. The molecule has 0 radical (unpaired) electrons. The van der Waals surface area contributed by atoms with Crippen LogP contribution >= 0.6 is 11.6 Å². The van der Waals surface area contributed by atoms with Gasteiger partial charge in [-0.25, -0.2) is 14.5 Å². The molecule has 43 heavy (non-hydrogen) atoms. The standard InChI is InChI=1S/C32H27ClN8O2/c1-32(2,43)21-6-7-26(36-14-21)19-10-22(30-20(11-34)13-38-41(30)15-19)18-5-8-27(37-12-18)40-16-23-24(17-40)28(23)39-31(42)29-25(33)4-3-9-35-29/h3-10,12-15,23-24,28,43H,16-17H2,1-2H3,(H,39,42)/t23-,24+,28+. The topological polar surface area (TPSA) is 132 Å². The van der Waals surface area contributed by atoms with E-state index < -0.39 is 5.60 Å². The third-order valence-corrected chi connectivity index (χ3v) is 8.65. The van der Waals surface area contributed by atoms with Gasteiger partial charge in [0.25, 0.3) is 5.91 Å². The van der Waals surface area contributed by atoms with E-state index in [4.69, 9.17) is 16.6 Å². The largest absolute Gasteiger partial charge is 0.386 e. The number of hydrogen-bond donors (Lipinski definition) is 2. The number of nitrogens with zero attached hydrogens (tertiary/aromatic N) is 7.